The molecule has 2 atom stereocenters. The maximum Gasteiger partial charge on any atom is 0.119 e. The summed E-state index contributed by atoms with van der Waals surface area (Å²) in [5.74, 6) is 1.42. The van der Waals surface area contributed by atoms with Gasteiger partial charge < -0.3 is 15.0 Å². The number of fused-ring (bicyclic) bond motifs is 3. The van der Waals surface area contributed by atoms with Crippen LogP contribution in [0.25, 0.3) is 0 Å². The molecule has 1 saturated heterocycles. The predicted molar refractivity (Wildman–Crippen MR) is 104 cm³/mol. The van der Waals surface area contributed by atoms with E-state index in [1.807, 2.05) is 36.4 Å². The molecular formula is C20H22Cl2N2O. The van der Waals surface area contributed by atoms with E-state index >= 15 is 0 Å². The lowest BCUT2D eigenvalue weighted by Crippen LogP contribution is -2.37. The van der Waals surface area contributed by atoms with Crippen LogP contribution in [0.3, 0.4) is 0 Å². The van der Waals surface area contributed by atoms with Crippen LogP contribution in [0, 0.1) is 0 Å². The van der Waals surface area contributed by atoms with Gasteiger partial charge in [-0.2, -0.15) is 0 Å². The monoisotopic (exact) mass is 376 g/mol. The number of rotatable bonds is 4. The smallest absolute Gasteiger partial charge is 0.119 e. The Morgan fingerprint density at radius 3 is 2.64 bits per heavy atom. The fourth-order valence-electron chi connectivity index (χ4n) is 4.10. The molecule has 5 heteroatoms. The molecule has 0 spiro atoms. The summed E-state index contributed by atoms with van der Waals surface area (Å²) in [6.07, 6.45) is 2.26. The normalized spacial score (nSPS) is 22.2. The van der Waals surface area contributed by atoms with Gasteiger partial charge in [0.25, 0.3) is 0 Å². The average Bonchev–Trinajstić information content (AvgIpc) is 2.79. The molecule has 1 N–H and O–H groups in total. The fourth-order valence-corrected chi connectivity index (χ4v) is 4.43. The van der Waals surface area contributed by atoms with E-state index in [-0.39, 0.29) is 0 Å². The summed E-state index contributed by atoms with van der Waals surface area (Å²) >= 11 is 12.6. The molecule has 0 amide bonds. The van der Waals surface area contributed by atoms with Gasteiger partial charge in [0.15, 0.2) is 0 Å². The highest BCUT2D eigenvalue weighted by atomic mass is 35.5. The molecular weight excluding hydrogens is 355 g/mol. The minimum Gasteiger partial charge on any atom is -0.492 e. The third-order valence-corrected chi connectivity index (χ3v) is 5.96. The van der Waals surface area contributed by atoms with E-state index in [0.717, 1.165) is 38.2 Å². The van der Waals surface area contributed by atoms with Crippen LogP contribution >= 0.6 is 23.2 Å². The molecule has 2 heterocycles. The maximum absolute atomic E-state index is 6.32. The van der Waals surface area contributed by atoms with Gasteiger partial charge in [0.1, 0.15) is 12.4 Å². The van der Waals surface area contributed by atoms with E-state index in [2.05, 4.69) is 16.3 Å². The number of nitrogens with zero attached hydrogens (tertiary/aromatic N) is 1. The molecule has 2 aliphatic heterocycles. The summed E-state index contributed by atoms with van der Waals surface area (Å²) < 4.78 is 5.93. The predicted octanol–water partition coefficient (Wildman–Crippen LogP) is 4.73. The van der Waals surface area contributed by atoms with Crippen LogP contribution in [0.15, 0.2) is 42.5 Å². The van der Waals surface area contributed by atoms with E-state index in [9.17, 15) is 0 Å². The van der Waals surface area contributed by atoms with Gasteiger partial charge in [-0.1, -0.05) is 41.4 Å². The first-order valence-electron chi connectivity index (χ1n) is 8.88. The number of ether oxygens (including phenoxy) is 1. The average molecular weight is 377 g/mol. The second-order valence-corrected chi connectivity index (χ2v) is 7.50. The van der Waals surface area contributed by atoms with Crippen molar-refractivity contribution in [3.8, 4) is 5.75 Å². The van der Waals surface area contributed by atoms with E-state index < -0.39 is 0 Å². The largest absolute Gasteiger partial charge is 0.492 e. The van der Waals surface area contributed by atoms with Gasteiger partial charge in [-0.05, 0) is 55.8 Å². The van der Waals surface area contributed by atoms with Crippen LogP contribution in [0.1, 0.15) is 24.3 Å². The zero-order valence-electron chi connectivity index (χ0n) is 14.1. The van der Waals surface area contributed by atoms with Crippen molar-refractivity contribution in [1.29, 1.82) is 0 Å². The van der Waals surface area contributed by atoms with Crippen LogP contribution in [0.2, 0.25) is 10.0 Å². The molecule has 25 heavy (non-hydrogen) atoms. The zero-order chi connectivity index (χ0) is 17.2. The molecule has 0 aromatic heterocycles. The summed E-state index contributed by atoms with van der Waals surface area (Å²) in [6.45, 7) is 3.60. The van der Waals surface area contributed by atoms with Crippen LogP contribution in [-0.2, 0) is 0 Å². The number of hydrogen-bond donors (Lipinski definition) is 1. The van der Waals surface area contributed by atoms with E-state index in [1.54, 1.807) is 0 Å². The molecule has 0 saturated carbocycles. The summed E-state index contributed by atoms with van der Waals surface area (Å²) in [5.41, 5.74) is 2.56. The first-order valence-corrected chi connectivity index (χ1v) is 9.64. The van der Waals surface area contributed by atoms with Crippen LogP contribution < -0.4 is 15.0 Å². The van der Waals surface area contributed by atoms with Crippen molar-refractivity contribution >= 4 is 28.9 Å². The summed E-state index contributed by atoms with van der Waals surface area (Å²) in [5, 5.41) is 4.80. The van der Waals surface area contributed by atoms with Gasteiger partial charge in [-0.3, -0.25) is 0 Å². The second-order valence-electron chi connectivity index (χ2n) is 6.68. The molecule has 0 bridgehead atoms. The number of nitrogens with one attached hydrogen (secondary N) is 1. The topological polar surface area (TPSA) is 24.5 Å². The molecule has 2 aromatic carbocycles. The minimum absolute atomic E-state index is 0.485. The number of halogens is 2. The van der Waals surface area contributed by atoms with Crippen molar-refractivity contribution in [3.05, 3.63) is 58.1 Å². The van der Waals surface area contributed by atoms with Crippen LogP contribution in [0.4, 0.5) is 5.69 Å². The highest BCUT2D eigenvalue weighted by Gasteiger charge is 2.39. The highest BCUT2D eigenvalue weighted by Crippen LogP contribution is 2.47. The Labute approximate surface area is 158 Å². The lowest BCUT2D eigenvalue weighted by atomic mass is 9.91. The molecule has 3 nitrogen and oxygen atoms in total. The summed E-state index contributed by atoms with van der Waals surface area (Å²) in [6, 6.07) is 14.6. The number of para-hydroxylation sites is 1. The molecule has 2 aromatic rings. The zero-order valence-corrected chi connectivity index (χ0v) is 15.6. The molecule has 0 aliphatic carbocycles. The van der Waals surface area contributed by atoms with Gasteiger partial charge in [-0.15, -0.1) is 0 Å². The number of anilines is 1. The van der Waals surface area contributed by atoms with Gasteiger partial charge >= 0.3 is 0 Å². The van der Waals surface area contributed by atoms with Crippen molar-refractivity contribution < 1.29 is 4.74 Å². The van der Waals surface area contributed by atoms with Gasteiger partial charge in [0.2, 0.25) is 0 Å². The van der Waals surface area contributed by atoms with Crippen molar-refractivity contribution in [1.82, 2.24) is 5.32 Å². The van der Waals surface area contributed by atoms with Crippen LogP contribution in [-0.4, -0.2) is 32.3 Å². The summed E-state index contributed by atoms with van der Waals surface area (Å²) in [7, 11) is 0. The van der Waals surface area contributed by atoms with Gasteiger partial charge in [-0.25, -0.2) is 0 Å². The Morgan fingerprint density at radius 2 is 1.80 bits per heavy atom. The molecule has 132 valence electrons. The Balaban J connectivity index is 1.56. The summed E-state index contributed by atoms with van der Waals surface area (Å²) in [4.78, 5) is 2.47. The Morgan fingerprint density at radius 1 is 1.04 bits per heavy atom. The number of hydrogen-bond acceptors (Lipinski definition) is 3. The third kappa shape index (κ3) is 3.46. The molecule has 2 aliphatic rings. The quantitative estimate of drug-likeness (QED) is 0.834. The van der Waals surface area contributed by atoms with Gasteiger partial charge in [0, 0.05) is 17.6 Å². The Hall–Kier alpha value is -1.42. The van der Waals surface area contributed by atoms with E-state index in [0.29, 0.717) is 28.6 Å². The van der Waals surface area contributed by atoms with Crippen molar-refractivity contribution in [3.63, 3.8) is 0 Å². The van der Waals surface area contributed by atoms with E-state index in [4.69, 9.17) is 27.9 Å². The molecule has 0 radical (unpaired) electrons. The lowest BCUT2D eigenvalue weighted by Gasteiger charge is -2.29. The lowest BCUT2D eigenvalue weighted by molar-refractivity contribution is 0.317. The van der Waals surface area contributed by atoms with Crippen molar-refractivity contribution in [2.45, 2.75) is 24.8 Å². The first kappa shape index (κ1) is 17.0. The third-order valence-electron chi connectivity index (χ3n) is 5.24. The van der Waals surface area contributed by atoms with Crippen molar-refractivity contribution in [2.24, 2.45) is 0 Å². The first-order chi connectivity index (χ1) is 12.2. The molecule has 1 fully saturated rings. The maximum atomic E-state index is 6.32. The Kier molecular flexibility index (Phi) is 5.07. The van der Waals surface area contributed by atoms with Crippen LogP contribution in [0.5, 0.6) is 5.75 Å². The highest BCUT2D eigenvalue weighted by molar-refractivity contribution is 6.42. The van der Waals surface area contributed by atoms with E-state index in [1.165, 1.54) is 11.3 Å². The minimum atomic E-state index is 0.485. The van der Waals surface area contributed by atoms with Crippen molar-refractivity contribution in [2.75, 3.05) is 31.1 Å². The number of benzene rings is 2. The fraction of sp³-hybridized carbons (Fsp3) is 0.400. The second kappa shape index (κ2) is 7.45. The molecule has 2 unspecified atom stereocenters. The SMILES string of the molecule is Clc1cc2c(cc1Cl)N(CCOc1ccccc1)C1CCNCCC21. The Bertz CT molecular complexity index is 738. The molecule has 4 rings (SSSR count). The van der Waals surface area contributed by atoms with Gasteiger partial charge in [0.05, 0.1) is 16.6 Å². The standard InChI is InChI=1S/C20H22Cl2N2O/c21-17-12-16-15-6-8-23-9-7-19(15)24(20(16)13-18(17)22)10-11-25-14-4-2-1-3-5-14/h1-5,12-13,15,19,23H,6-11H2.